The van der Waals surface area contributed by atoms with E-state index in [1.54, 1.807) is 6.20 Å². The molecule has 0 saturated heterocycles. The summed E-state index contributed by atoms with van der Waals surface area (Å²) in [6.45, 7) is 6.14. The quantitative estimate of drug-likeness (QED) is 0.604. The average molecular weight is 346 g/mol. The Labute approximate surface area is 144 Å². The second-order valence-corrected chi connectivity index (χ2v) is 7.03. The highest BCUT2D eigenvalue weighted by atomic mass is 35.5. The van der Waals surface area contributed by atoms with Crippen molar-refractivity contribution in [2.24, 2.45) is 0 Å². The van der Waals surface area contributed by atoms with Crippen LogP contribution in [-0.4, -0.2) is 15.2 Å². The molecule has 0 saturated carbocycles. The molecule has 23 heavy (non-hydrogen) atoms. The fourth-order valence-corrected chi connectivity index (χ4v) is 3.15. The fourth-order valence-electron chi connectivity index (χ4n) is 2.07. The zero-order valence-corrected chi connectivity index (χ0v) is 14.6. The number of nitrogens with zero attached hydrogens (tertiary/aromatic N) is 3. The Balaban J connectivity index is 1.81. The molecule has 118 valence electrons. The van der Waals surface area contributed by atoms with Crippen molar-refractivity contribution in [1.29, 1.82) is 0 Å². The van der Waals surface area contributed by atoms with Crippen LogP contribution in [0.2, 0.25) is 5.02 Å². The van der Waals surface area contributed by atoms with Gasteiger partial charge in [0.25, 0.3) is 0 Å². The van der Waals surface area contributed by atoms with Gasteiger partial charge in [-0.2, -0.15) is 0 Å². The molecule has 0 radical (unpaired) electrons. The second kappa shape index (κ2) is 6.72. The zero-order chi connectivity index (χ0) is 16.4. The molecule has 3 rings (SSSR count). The van der Waals surface area contributed by atoms with Crippen molar-refractivity contribution in [3.8, 4) is 11.5 Å². The largest absolute Gasteiger partial charge is 0.419 e. The van der Waals surface area contributed by atoms with Gasteiger partial charge >= 0.3 is 0 Å². The average Bonchev–Trinajstić information content (AvgIpc) is 3.02. The highest BCUT2D eigenvalue weighted by molar-refractivity contribution is 7.99. The molecule has 0 N–H and O–H groups in total. The summed E-state index contributed by atoms with van der Waals surface area (Å²) in [4.78, 5) is 4.27. The van der Waals surface area contributed by atoms with E-state index in [2.05, 4.69) is 41.2 Å². The van der Waals surface area contributed by atoms with Gasteiger partial charge in [0.15, 0.2) is 0 Å². The van der Waals surface area contributed by atoms with Gasteiger partial charge in [-0.1, -0.05) is 29.4 Å². The van der Waals surface area contributed by atoms with Crippen LogP contribution in [0.4, 0.5) is 0 Å². The molecule has 0 bridgehead atoms. The predicted octanol–water partition coefficient (Wildman–Crippen LogP) is 5.26. The maximum atomic E-state index is 6.14. The zero-order valence-electron chi connectivity index (χ0n) is 13.1. The van der Waals surface area contributed by atoms with Gasteiger partial charge in [-0.05, 0) is 56.2 Å². The van der Waals surface area contributed by atoms with Crippen LogP contribution in [-0.2, 0) is 0 Å². The van der Waals surface area contributed by atoms with Crippen LogP contribution in [0.15, 0.2) is 46.0 Å². The maximum absolute atomic E-state index is 6.14. The molecule has 1 aromatic carbocycles. The third-order valence-electron chi connectivity index (χ3n) is 3.56. The standard InChI is InChI=1S/C17H16ClN3OS/c1-10-6-7-13(9-11(10)2)16-21-20-15(22-16)12(3)23-17-14(18)5-4-8-19-17/h4-9,12H,1-3H3/t12-/m1/s1. The van der Waals surface area contributed by atoms with Crippen LogP contribution < -0.4 is 0 Å². The molecular formula is C17H16ClN3OS. The Morgan fingerprint density at radius 1 is 1.13 bits per heavy atom. The highest BCUT2D eigenvalue weighted by Crippen LogP contribution is 2.37. The predicted molar refractivity (Wildman–Crippen MR) is 92.7 cm³/mol. The van der Waals surface area contributed by atoms with Gasteiger partial charge in [0, 0.05) is 11.8 Å². The Hall–Kier alpha value is -1.85. The van der Waals surface area contributed by atoms with Crippen LogP contribution in [0.3, 0.4) is 0 Å². The summed E-state index contributed by atoms with van der Waals surface area (Å²) >= 11 is 7.64. The smallest absolute Gasteiger partial charge is 0.247 e. The van der Waals surface area contributed by atoms with E-state index in [1.165, 1.54) is 22.9 Å². The van der Waals surface area contributed by atoms with Crippen LogP contribution in [0.25, 0.3) is 11.5 Å². The van der Waals surface area contributed by atoms with Gasteiger partial charge in [-0.15, -0.1) is 10.2 Å². The van der Waals surface area contributed by atoms with Crippen molar-refractivity contribution in [1.82, 2.24) is 15.2 Å². The lowest BCUT2D eigenvalue weighted by atomic mass is 10.1. The summed E-state index contributed by atoms with van der Waals surface area (Å²) < 4.78 is 5.82. The van der Waals surface area contributed by atoms with E-state index in [4.69, 9.17) is 16.0 Å². The lowest BCUT2D eigenvalue weighted by Gasteiger charge is -2.07. The number of benzene rings is 1. The van der Waals surface area contributed by atoms with Gasteiger partial charge in [0.2, 0.25) is 11.8 Å². The first-order valence-electron chi connectivity index (χ1n) is 7.23. The first-order chi connectivity index (χ1) is 11.0. The summed E-state index contributed by atoms with van der Waals surface area (Å²) in [5, 5.41) is 9.67. The number of aromatic nitrogens is 3. The number of hydrogen-bond donors (Lipinski definition) is 0. The van der Waals surface area contributed by atoms with E-state index in [0.717, 1.165) is 10.6 Å². The molecule has 0 aliphatic carbocycles. The molecule has 0 unspecified atom stereocenters. The first kappa shape index (κ1) is 16.0. The molecule has 0 aliphatic heterocycles. The van der Waals surface area contributed by atoms with Gasteiger partial charge < -0.3 is 4.42 Å². The number of halogens is 1. The molecule has 6 heteroatoms. The molecule has 4 nitrogen and oxygen atoms in total. The molecule has 3 aromatic rings. The lowest BCUT2D eigenvalue weighted by molar-refractivity contribution is 0.509. The fraction of sp³-hybridized carbons (Fsp3) is 0.235. The summed E-state index contributed by atoms with van der Waals surface area (Å²) in [6, 6.07) is 9.73. The molecule has 1 atom stereocenters. The van der Waals surface area contributed by atoms with E-state index in [-0.39, 0.29) is 5.25 Å². The van der Waals surface area contributed by atoms with E-state index in [9.17, 15) is 0 Å². The van der Waals surface area contributed by atoms with E-state index in [0.29, 0.717) is 16.8 Å². The number of hydrogen-bond acceptors (Lipinski definition) is 5. The van der Waals surface area contributed by atoms with Crippen molar-refractivity contribution >= 4 is 23.4 Å². The van der Waals surface area contributed by atoms with Crippen LogP contribution >= 0.6 is 23.4 Å². The molecule has 2 heterocycles. The lowest BCUT2D eigenvalue weighted by Crippen LogP contribution is -1.90. The van der Waals surface area contributed by atoms with E-state index >= 15 is 0 Å². The first-order valence-corrected chi connectivity index (χ1v) is 8.48. The summed E-state index contributed by atoms with van der Waals surface area (Å²) in [6.07, 6.45) is 1.72. The van der Waals surface area contributed by atoms with Gasteiger partial charge in [0.05, 0.1) is 10.3 Å². The molecule has 0 amide bonds. The number of pyridine rings is 1. The second-order valence-electron chi connectivity index (χ2n) is 5.29. The normalized spacial score (nSPS) is 12.3. The Kier molecular flexibility index (Phi) is 4.68. The SMILES string of the molecule is Cc1ccc(-c2nnc([C@@H](C)Sc3ncccc3Cl)o2)cc1C. The maximum Gasteiger partial charge on any atom is 0.247 e. The minimum Gasteiger partial charge on any atom is -0.419 e. The third-order valence-corrected chi connectivity index (χ3v) is 5.08. The monoisotopic (exact) mass is 345 g/mol. The third kappa shape index (κ3) is 3.57. The molecular weight excluding hydrogens is 330 g/mol. The Morgan fingerprint density at radius 2 is 1.96 bits per heavy atom. The van der Waals surface area contributed by atoms with Crippen molar-refractivity contribution in [2.75, 3.05) is 0 Å². The topological polar surface area (TPSA) is 51.8 Å². The van der Waals surface area contributed by atoms with Crippen LogP contribution in [0.5, 0.6) is 0 Å². The molecule has 0 spiro atoms. The van der Waals surface area contributed by atoms with Crippen molar-refractivity contribution in [3.05, 3.63) is 58.6 Å². The highest BCUT2D eigenvalue weighted by Gasteiger charge is 2.18. The number of aryl methyl sites for hydroxylation is 2. The summed E-state index contributed by atoms with van der Waals surface area (Å²) in [5.74, 6) is 1.09. The Morgan fingerprint density at radius 3 is 2.70 bits per heavy atom. The molecule has 0 fully saturated rings. The van der Waals surface area contributed by atoms with E-state index in [1.807, 2.05) is 25.1 Å². The van der Waals surface area contributed by atoms with E-state index < -0.39 is 0 Å². The van der Waals surface area contributed by atoms with Crippen molar-refractivity contribution in [3.63, 3.8) is 0 Å². The minimum absolute atomic E-state index is 0.0322. The van der Waals surface area contributed by atoms with Crippen molar-refractivity contribution in [2.45, 2.75) is 31.0 Å². The Bertz CT molecular complexity index is 834. The minimum atomic E-state index is -0.0322. The van der Waals surface area contributed by atoms with Gasteiger partial charge in [0.1, 0.15) is 5.03 Å². The van der Waals surface area contributed by atoms with Gasteiger partial charge in [-0.25, -0.2) is 4.98 Å². The molecule has 0 aliphatic rings. The summed E-state index contributed by atoms with van der Waals surface area (Å²) in [5.41, 5.74) is 3.37. The number of thioether (sulfide) groups is 1. The van der Waals surface area contributed by atoms with Gasteiger partial charge in [-0.3, -0.25) is 0 Å². The van der Waals surface area contributed by atoms with Crippen LogP contribution in [0, 0.1) is 13.8 Å². The number of rotatable bonds is 4. The van der Waals surface area contributed by atoms with Crippen LogP contribution in [0.1, 0.15) is 29.2 Å². The molecule has 2 aromatic heterocycles. The van der Waals surface area contributed by atoms with Crippen molar-refractivity contribution < 1.29 is 4.42 Å². The summed E-state index contributed by atoms with van der Waals surface area (Å²) in [7, 11) is 0.